The third kappa shape index (κ3) is 4.10. The Balaban J connectivity index is 1.63. The minimum atomic E-state index is -3.56. The Kier molecular flexibility index (Phi) is 5.38. The summed E-state index contributed by atoms with van der Waals surface area (Å²) in [6, 6.07) is 9.73. The van der Waals surface area contributed by atoms with Crippen molar-refractivity contribution in [1.29, 1.82) is 0 Å². The number of rotatable bonds is 5. The fraction of sp³-hybridized carbons (Fsp3) is 0.412. The Morgan fingerprint density at radius 2 is 1.73 bits per heavy atom. The zero-order chi connectivity index (χ0) is 18.7. The molecule has 1 aliphatic rings. The maximum Gasteiger partial charge on any atom is 0.218 e. The molecule has 0 aliphatic carbocycles. The Bertz CT molecular complexity index is 850. The van der Waals surface area contributed by atoms with E-state index in [0.29, 0.717) is 26.2 Å². The van der Waals surface area contributed by atoms with Crippen molar-refractivity contribution < 1.29 is 12.8 Å². The summed E-state index contributed by atoms with van der Waals surface area (Å²) >= 11 is 0. The maximum atomic E-state index is 13.8. The molecule has 1 aromatic carbocycles. The SMILES string of the molecule is CN(C)c1ccc(N2CCN(S(=O)(=O)Cc3ccccc3F)CC2)nn1. The van der Waals surface area contributed by atoms with Crippen LogP contribution in [0.1, 0.15) is 5.56 Å². The number of hydrogen-bond donors (Lipinski definition) is 0. The highest BCUT2D eigenvalue weighted by Crippen LogP contribution is 2.19. The van der Waals surface area contributed by atoms with Crippen LogP contribution in [0.25, 0.3) is 0 Å². The van der Waals surface area contributed by atoms with Crippen LogP contribution in [0, 0.1) is 5.82 Å². The van der Waals surface area contributed by atoms with Gasteiger partial charge in [0.2, 0.25) is 10.0 Å². The van der Waals surface area contributed by atoms with Crippen molar-refractivity contribution in [2.45, 2.75) is 5.75 Å². The summed E-state index contributed by atoms with van der Waals surface area (Å²) in [5, 5.41) is 8.35. The predicted octanol–water partition coefficient (Wildman–Crippen LogP) is 1.33. The molecule has 0 saturated carbocycles. The molecule has 7 nitrogen and oxygen atoms in total. The number of benzene rings is 1. The highest BCUT2D eigenvalue weighted by atomic mass is 32.2. The molecule has 9 heteroatoms. The van der Waals surface area contributed by atoms with Crippen LogP contribution in [0.4, 0.5) is 16.0 Å². The molecule has 0 unspecified atom stereocenters. The van der Waals surface area contributed by atoms with Gasteiger partial charge < -0.3 is 9.80 Å². The quantitative estimate of drug-likeness (QED) is 0.781. The van der Waals surface area contributed by atoms with E-state index in [9.17, 15) is 12.8 Å². The van der Waals surface area contributed by atoms with Gasteiger partial charge in [-0.15, -0.1) is 10.2 Å². The van der Waals surface area contributed by atoms with E-state index in [1.807, 2.05) is 36.0 Å². The number of halogens is 1. The zero-order valence-electron chi connectivity index (χ0n) is 14.8. The first-order chi connectivity index (χ1) is 12.4. The molecule has 2 heterocycles. The third-order valence-electron chi connectivity index (χ3n) is 4.35. The molecule has 1 aromatic heterocycles. The molecular formula is C17H22FN5O2S. The van der Waals surface area contributed by atoms with Crippen LogP contribution in [0.5, 0.6) is 0 Å². The number of hydrogen-bond acceptors (Lipinski definition) is 6. The van der Waals surface area contributed by atoms with Crippen LogP contribution < -0.4 is 9.80 Å². The summed E-state index contributed by atoms with van der Waals surface area (Å²) in [7, 11) is 0.225. The van der Waals surface area contributed by atoms with Gasteiger partial charge in [-0.05, 0) is 18.2 Å². The standard InChI is InChI=1S/C17H22FN5O2S/c1-21(2)16-7-8-17(20-19-16)22-9-11-23(12-10-22)26(24,25)13-14-5-3-4-6-15(14)18/h3-8H,9-13H2,1-2H3. The summed E-state index contributed by atoms with van der Waals surface area (Å²) in [5.41, 5.74) is 0.195. The Morgan fingerprint density at radius 1 is 1.04 bits per heavy atom. The van der Waals surface area contributed by atoms with E-state index in [0.717, 1.165) is 11.6 Å². The molecule has 1 aliphatic heterocycles. The van der Waals surface area contributed by atoms with Gasteiger partial charge in [-0.3, -0.25) is 0 Å². The van der Waals surface area contributed by atoms with Crippen LogP contribution in [-0.4, -0.2) is 63.2 Å². The van der Waals surface area contributed by atoms with Gasteiger partial charge >= 0.3 is 0 Å². The molecule has 0 spiro atoms. The van der Waals surface area contributed by atoms with E-state index >= 15 is 0 Å². The second kappa shape index (κ2) is 7.55. The van der Waals surface area contributed by atoms with Crippen molar-refractivity contribution in [3.05, 3.63) is 47.8 Å². The topological polar surface area (TPSA) is 69.6 Å². The van der Waals surface area contributed by atoms with E-state index in [4.69, 9.17) is 0 Å². The van der Waals surface area contributed by atoms with Crippen molar-refractivity contribution in [3.8, 4) is 0 Å². The Morgan fingerprint density at radius 3 is 2.31 bits per heavy atom. The van der Waals surface area contributed by atoms with Crippen molar-refractivity contribution in [2.75, 3.05) is 50.1 Å². The van der Waals surface area contributed by atoms with Gasteiger partial charge in [0.05, 0.1) is 5.75 Å². The molecular weight excluding hydrogens is 357 g/mol. The smallest absolute Gasteiger partial charge is 0.218 e. The minimum absolute atomic E-state index is 0.195. The monoisotopic (exact) mass is 379 g/mol. The normalized spacial score (nSPS) is 15.9. The molecule has 0 atom stereocenters. The average molecular weight is 379 g/mol. The van der Waals surface area contributed by atoms with Gasteiger partial charge in [-0.1, -0.05) is 18.2 Å². The minimum Gasteiger partial charge on any atom is -0.361 e. The second-order valence-corrected chi connectivity index (χ2v) is 8.35. The van der Waals surface area contributed by atoms with Gasteiger partial charge in [-0.2, -0.15) is 4.31 Å². The number of nitrogens with zero attached hydrogens (tertiary/aromatic N) is 5. The zero-order valence-corrected chi connectivity index (χ0v) is 15.7. The summed E-state index contributed by atoms with van der Waals surface area (Å²) in [6.45, 7) is 1.72. The third-order valence-corrected chi connectivity index (χ3v) is 6.17. The van der Waals surface area contributed by atoms with Gasteiger partial charge in [0.15, 0.2) is 11.6 Å². The molecule has 0 bridgehead atoms. The number of aromatic nitrogens is 2. The highest BCUT2D eigenvalue weighted by Gasteiger charge is 2.28. The molecule has 0 N–H and O–H groups in total. The largest absolute Gasteiger partial charge is 0.361 e. The molecule has 1 fully saturated rings. The molecule has 26 heavy (non-hydrogen) atoms. The molecule has 1 saturated heterocycles. The maximum absolute atomic E-state index is 13.8. The van der Waals surface area contributed by atoms with Crippen molar-refractivity contribution in [3.63, 3.8) is 0 Å². The number of piperazine rings is 1. The first-order valence-electron chi connectivity index (χ1n) is 8.34. The summed E-state index contributed by atoms with van der Waals surface area (Å²) in [6.07, 6.45) is 0. The summed E-state index contributed by atoms with van der Waals surface area (Å²) in [5.74, 6) is 0.671. The van der Waals surface area contributed by atoms with E-state index in [2.05, 4.69) is 10.2 Å². The second-order valence-electron chi connectivity index (χ2n) is 6.38. The van der Waals surface area contributed by atoms with Crippen LogP contribution in [0.2, 0.25) is 0 Å². The molecule has 2 aromatic rings. The van der Waals surface area contributed by atoms with Gasteiger partial charge in [0.25, 0.3) is 0 Å². The lowest BCUT2D eigenvalue weighted by molar-refractivity contribution is 0.382. The van der Waals surface area contributed by atoms with Gasteiger partial charge in [-0.25, -0.2) is 12.8 Å². The van der Waals surface area contributed by atoms with E-state index in [-0.39, 0.29) is 11.3 Å². The molecule has 0 radical (unpaired) electrons. The van der Waals surface area contributed by atoms with E-state index in [1.54, 1.807) is 12.1 Å². The lowest BCUT2D eigenvalue weighted by Crippen LogP contribution is -2.49. The highest BCUT2D eigenvalue weighted by molar-refractivity contribution is 7.88. The van der Waals surface area contributed by atoms with Crippen LogP contribution in [0.3, 0.4) is 0 Å². The first kappa shape index (κ1) is 18.5. The fourth-order valence-corrected chi connectivity index (χ4v) is 4.35. The predicted molar refractivity (Wildman–Crippen MR) is 99.2 cm³/mol. The lowest BCUT2D eigenvalue weighted by atomic mass is 10.2. The van der Waals surface area contributed by atoms with Gasteiger partial charge in [0, 0.05) is 45.8 Å². The van der Waals surface area contributed by atoms with Crippen LogP contribution in [0.15, 0.2) is 36.4 Å². The molecule has 0 amide bonds. The lowest BCUT2D eigenvalue weighted by Gasteiger charge is -2.34. The van der Waals surface area contributed by atoms with Gasteiger partial charge in [0.1, 0.15) is 5.82 Å². The van der Waals surface area contributed by atoms with E-state index in [1.165, 1.54) is 16.4 Å². The van der Waals surface area contributed by atoms with E-state index < -0.39 is 15.8 Å². The van der Waals surface area contributed by atoms with Crippen LogP contribution in [-0.2, 0) is 15.8 Å². The van der Waals surface area contributed by atoms with Crippen molar-refractivity contribution >= 4 is 21.7 Å². The number of anilines is 2. The average Bonchev–Trinajstić information content (AvgIpc) is 2.64. The van der Waals surface area contributed by atoms with Crippen molar-refractivity contribution in [1.82, 2.24) is 14.5 Å². The first-order valence-corrected chi connectivity index (χ1v) is 9.95. The Labute approximate surface area is 153 Å². The summed E-state index contributed by atoms with van der Waals surface area (Å²) in [4.78, 5) is 3.87. The van der Waals surface area contributed by atoms with Crippen LogP contribution >= 0.6 is 0 Å². The molecule has 140 valence electrons. The molecule has 3 rings (SSSR count). The fourth-order valence-electron chi connectivity index (χ4n) is 2.82. The number of sulfonamides is 1. The van der Waals surface area contributed by atoms with Crippen molar-refractivity contribution in [2.24, 2.45) is 0 Å². The summed E-state index contributed by atoms with van der Waals surface area (Å²) < 4.78 is 40.3. The Hall–Kier alpha value is -2.26.